The van der Waals surface area contributed by atoms with Gasteiger partial charge in [-0.25, -0.2) is 14.4 Å². The van der Waals surface area contributed by atoms with Gasteiger partial charge in [0.1, 0.15) is 17.2 Å². The van der Waals surface area contributed by atoms with Crippen molar-refractivity contribution >= 4 is 29.3 Å². The van der Waals surface area contributed by atoms with Crippen LogP contribution in [0.1, 0.15) is 99.7 Å². The zero-order chi connectivity index (χ0) is 42.4. The number of benzene rings is 3. The number of esters is 3. The minimum Gasteiger partial charge on any atom is -0.481 e. The number of hydrogen-bond acceptors (Lipinski definition) is 13. The second kappa shape index (κ2) is 21.1. The molecule has 0 saturated carbocycles. The zero-order valence-corrected chi connectivity index (χ0v) is 34.3. The minimum absolute atomic E-state index is 0.143. The number of rotatable bonds is 14. The first-order valence-electron chi connectivity index (χ1n) is 19.8. The molecule has 15 heteroatoms. The van der Waals surface area contributed by atoms with Gasteiger partial charge in [-0.15, -0.1) is 0 Å². The molecule has 0 fully saturated rings. The average molecular weight is 807 g/mol. The summed E-state index contributed by atoms with van der Waals surface area (Å²) < 4.78 is 33.8. The number of nitro groups is 2. The van der Waals surface area contributed by atoms with Crippen LogP contribution in [0.25, 0.3) is 0 Å². The highest BCUT2D eigenvalue weighted by molar-refractivity contribution is 5.72. The van der Waals surface area contributed by atoms with Gasteiger partial charge in [-0.05, 0) is 101 Å². The van der Waals surface area contributed by atoms with Crippen LogP contribution in [0.2, 0.25) is 0 Å². The van der Waals surface area contributed by atoms with Crippen molar-refractivity contribution in [1.29, 1.82) is 0 Å². The molecule has 0 atom stereocenters. The fraction of sp³-hybridized carbons (Fsp3) is 0.512. The summed E-state index contributed by atoms with van der Waals surface area (Å²) in [4.78, 5) is 61.1. The number of non-ortho nitro benzene ring substituents is 2. The van der Waals surface area contributed by atoms with Crippen LogP contribution in [0.5, 0.6) is 17.2 Å². The first-order chi connectivity index (χ1) is 27.6. The van der Waals surface area contributed by atoms with Crippen molar-refractivity contribution in [2.45, 2.75) is 105 Å². The van der Waals surface area contributed by atoms with Crippen LogP contribution in [0.4, 0.5) is 11.4 Å². The monoisotopic (exact) mass is 806 g/mol. The Kier molecular flexibility index (Phi) is 16.4. The van der Waals surface area contributed by atoms with Gasteiger partial charge in [0, 0.05) is 46.5 Å². The third-order valence-corrected chi connectivity index (χ3v) is 9.58. The molecule has 0 radical (unpaired) electrons. The molecule has 4 rings (SSSR count). The topological polar surface area (TPSA) is 193 Å². The second-order valence-electron chi connectivity index (χ2n) is 14.9. The lowest BCUT2D eigenvalue weighted by Crippen LogP contribution is -2.18. The van der Waals surface area contributed by atoms with Gasteiger partial charge in [0.15, 0.2) is 19.8 Å². The Morgan fingerprint density at radius 3 is 1.00 bits per heavy atom. The number of ether oxygens (including phenoxy) is 6. The molecular weight excluding hydrogens is 752 g/mol. The summed E-state index contributed by atoms with van der Waals surface area (Å²) in [5, 5.41) is 24.5. The van der Waals surface area contributed by atoms with Crippen molar-refractivity contribution in [3.63, 3.8) is 0 Å². The van der Waals surface area contributed by atoms with E-state index in [0.717, 1.165) is 16.7 Å². The number of fused-ring (bicyclic) bond motifs is 6. The van der Waals surface area contributed by atoms with E-state index in [2.05, 4.69) is 20.8 Å². The largest absolute Gasteiger partial charge is 0.481 e. The van der Waals surface area contributed by atoms with Gasteiger partial charge in [-0.2, -0.15) is 0 Å². The van der Waals surface area contributed by atoms with E-state index in [0.29, 0.717) is 84.4 Å². The van der Waals surface area contributed by atoms with Gasteiger partial charge in [-0.3, -0.25) is 20.2 Å². The fourth-order valence-corrected chi connectivity index (χ4v) is 6.95. The molecule has 0 aromatic heterocycles. The van der Waals surface area contributed by atoms with Crippen molar-refractivity contribution in [2.75, 3.05) is 39.6 Å². The first-order valence-corrected chi connectivity index (χ1v) is 19.8. The maximum Gasteiger partial charge on any atom is 0.344 e. The Bertz CT molecular complexity index is 1850. The lowest BCUT2D eigenvalue weighted by molar-refractivity contribution is -0.385. The van der Waals surface area contributed by atoms with Crippen LogP contribution in [-0.4, -0.2) is 67.4 Å². The molecule has 3 aromatic carbocycles. The first kappa shape index (κ1) is 45.0. The SMILES string of the molecule is CCOC(=O)COc1c2cc([N+](=O)[O-])cc1CCCc1cc(C(C)(C)C)cc(c1OCC(=O)OCC)CCCc1cc([N+](=O)[O-])cc(c1OCC(=O)OCC)CCC2. The van der Waals surface area contributed by atoms with Crippen LogP contribution < -0.4 is 14.2 Å². The molecule has 0 unspecified atom stereocenters. The predicted molar refractivity (Wildman–Crippen MR) is 214 cm³/mol. The average Bonchev–Trinajstić information content (AvgIpc) is 3.15. The molecular formula is C43H54N2O13. The summed E-state index contributed by atoms with van der Waals surface area (Å²) in [7, 11) is 0. The van der Waals surface area contributed by atoms with Crippen LogP contribution >= 0.6 is 0 Å². The van der Waals surface area contributed by atoms with Crippen molar-refractivity contribution in [1.82, 2.24) is 0 Å². The van der Waals surface area contributed by atoms with Crippen molar-refractivity contribution in [3.05, 3.63) is 95.6 Å². The van der Waals surface area contributed by atoms with E-state index >= 15 is 0 Å². The molecule has 0 saturated heterocycles. The van der Waals surface area contributed by atoms with E-state index in [9.17, 15) is 34.6 Å². The Balaban J connectivity index is 1.94. The van der Waals surface area contributed by atoms with E-state index in [1.807, 2.05) is 12.1 Å². The Hall–Kier alpha value is -5.73. The third-order valence-electron chi connectivity index (χ3n) is 9.58. The quantitative estimate of drug-likeness (QED) is 0.0675. The highest BCUT2D eigenvalue weighted by atomic mass is 16.6. The Morgan fingerprint density at radius 1 is 0.517 bits per heavy atom. The standard InChI is InChI=1S/C43H54N2O13/c1-7-53-37(46)25-56-40-28-13-10-15-30-21-35(44(49)50)23-32(41(30)57-26-38(47)54-8-2)17-12-18-33-24-36(45(51)52)22-31(42(33)58-27-39(48)55-9-3)16-11-14-29(40)20-34(19-28)43(4,5)6/h19-24H,7-18,25-27H2,1-6H3. The van der Waals surface area contributed by atoms with E-state index in [1.54, 1.807) is 20.8 Å². The van der Waals surface area contributed by atoms with E-state index < -0.39 is 41.0 Å². The zero-order valence-electron chi connectivity index (χ0n) is 34.3. The van der Waals surface area contributed by atoms with E-state index in [1.165, 1.54) is 24.3 Å². The Morgan fingerprint density at radius 2 is 0.776 bits per heavy atom. The number of nitro benzene ring substituents is 2. The summed E-state index contributed by atoms with van der Waals surface area (Å²) >= 11 is 0. The number of carbonyl (C=O) groups is 3. The highest BCUT2D eigenvalue weighted by Gasteiger charge is 2.25. The van der Waals surface area contributed by atoms with Crippen molar-refractivity contribution < 1.29 is 52.7 Å². The molecule has 3 aromatic rings. The van der Waals surface area contributed by atoms with Gasteiger partial charge in [0.05, 0.1) is 29.7 Å². The third kappa shape index (κ3) is 12.6. The molecule has 0 N–H and O–H groups in total. The fourth-order valence-electron chi connectivity index (χ4n) is 6.95. The van der Waals surface area contributed by atoms with E-state index in [4.69, 9.17) is 28.4 Å². The summed E-state index contributed by atoms with van der Waals surface area (Å²) in [5.41, 5.74) is 4.05. The predicted octanol–water partition coefficient (Wildman–Crippen LogP) is 7.47. The maximum atomic E-state index is 12.6. The normalized spacial score (nSPS) is 13.3. The molecule has 0 heterocycles. The van der Waals surface area contributed by atoms with Gasteiger partial charge in [-0.1, -0.05) is 32.9 Å². The molecule has 15 nitrogen and oxygen atoms in total. The molecule has 0 spiro atoms. The summed E-state index contributed by atoms with van der Waals surface area (Å²) in [5.74, 6) is -0.584. The van der Waals surface area contributed by atoms with E-state index in [-0.39, 0.29) is 56.1 Å². The number of hydrogen-bond donors (Lipinski definition) is 0. The molecule has 314 valence electrons. The second-order valence-corrected chi connectivity index (χ2v) is 14.9. The lowest BCUT2D eigenvalue weighted by Gasteiger charge is -2.25. The van der Waals surface area contributed by atoms with Crippen molar-refractivity contribution in [2.24, 2.45) is 0 Å². The van der Waals surface area contributed by atoms with Gasteiger partial charge in [0.25, 0.3) is 11.4 Å². The highest BCUT2D eigenvalue weighted by Crippen LogP contribution is 2.38. The number of aryl methyl sites for hydroxylation is 6. The number of carbonyl (C=O) groups excluding carboxylic acids is 3. The van der Waals surface area contributed by atoms with Crippen LogP contribution in [-0.2, 0) is 72.5 Å². The van der Waals surface area contributed by atoms with Crippen molar-refractivity contribution in [3.8, 4) is 17.2 Å². The maximum absolute atomic E-state index is 12.6. The summed E-state index contributed by atoms with van der Waals surface area (Å²) in [6.07, 6.45) is 3.45. The van der Waals surface area contributed by atoms with Crippen LogP contribution in [0.3, 0.4) is 0 Å². The van der Waals surface area contributed by atoms with Gasteiger partial charge in [0.2, 0.25) is 0 Å². The van der Waals surface area contributed by atoms with Crippen LogP contribution in [0.15, 0.2) is 36.4 Å². The molecule has 0 amide bonds. The smallest absolute Gasteiger partial charge is 0.344 e. The van der Waals surface area contributed by atoms with Gasteiger partial charge < -0.3 is 28.4 Å². The molecule has 1 aliphatic rings. The minimum atomic E-state index is -0.602. The molecule has 58 heavy (non-hydrogen) atoms. The summed E-state index contributed by atoms with van der Waals surface area (Å²) in [6, 6.07) is 9.83. The molecule has 1 aliphatic carbocycles. The molecule has 6 bridgehead atoms. The van der Waals surface area contributed by atoms with Gasteiger partial charge >= 0.3 is 17.9 Å². The Labute approximate surface area is 338 Å². The summed E-state index contributed by atoms with van der Waals surface area (Å²) in [6.45, 7) is 10.6. The lowest BCUT2D eigenvalue weighted by atomic mass is 9.83. The molecule has 0 aliphatic heterocycles. The number of nitrogens with zero attached hydrogens (tertiary/aromatic N) is 2. The van der Waals surface area contributed by atoms with Crippen LogP contribution in [0, 0.1) is 20.2 Å².